The van der Waals surface area contributed by atoms with Gasteiger partial charge in [-0.3, -0.25) is 9.78 Å². The van der Waals surface area contributed by atoms with Gasteiger partial charge in [-0.15, -0.1) is 0 Å². The van der Waals surface area contributed by atoms with Crippen molar-refractivity contribution in [2.75, 3.05) is 11.9 Å². The zero-order valence-corrected chi connectivity index (χ0v) is 19.1. The zero-order chi connectivity index (χ0) is 25.8. The summed E-state index contributed by atoms with van der Waals surface area (Å²) in [7, 11) is 0. The number of hydrogen-bond acceptors (Lipinski definition) is 5. The molecule has 0 aliphatic rings. The molecule has 6 heteroatoms. The minimum Gasteiger partial charge on any atom is -0.457 e. The van der Waals surface area contributed by atoms with Crippen LogP contribution in [0.3, 0.4) is 0 Å². The SMILES string of the molecule is [2H]c1ncc2ccc(NC(=O)[C@H](CN)c3ccc(COC(=O)c4ccc(C)cc4C)cc3)cc2c1[2H]. The number of amides is 1. The van der Waals surface area contributed by atoms with Crippen molar-refractivity contribution in [3.8, 4) is 0 Å². The van der Waals surface area contributed by atoms with Crippen LogP contribution in [0.4, 0.5) is 5.69 Å². The maximum Gasteiger partial charge on any atom is 0.338 e. The van der Waals surface area contributed by atoms with Gasteiger partial charge in [0.25, 0.3) is 0 Å². The molecule has 1 atom stereocenters. The van der Waals surface area contributed by atoms with Crippen molar-refractivity contribution in [3.05, 3.63) is 107 Å². The molecule has 3 N–H and O–H groups in total. The molecule has 0 unspecified atom stereocenters. The molecule has 1 heterocycles. The number of nitrogens with zero attached hydrogens (tertiary/aromatic N) is 1. The predicted molar refractivity (Wildman–Crippen MR) is 134 cm³/mol. The number of esters is 1. The highest BCUT2D eigenvalue weighted by Gasteiger charge is 2.19. The summed E-state index contributed by atoms with van der Waals surface area (Å²) >= 11 is 0. The van der Waals surface area contributed by atoms with Crippen LogP contribution in [0.2, 0.25) is 0 Å². The third kappa shape index (κ3) is 5.30. The summed E-state index contributed by atoms with van der Waals surface area (Å²) in [5.74, 6) is -1.25. The Morgan fingerprint density at radius 1 is 1.06 bits per heavy atom. The molecule has 0 saturated carbocycles. The average Bonchev–Trinajstić information content (AvgIpc) is 2.86. The molecule has 0 radical (unpaired) electrons. The van der Waals surface area contributed by atoms with Crippen LogP contribution >= 0.6 is 0 Å². The number of nitrogens with one attached hydrogen (secondary N) is 1. The number of anilines is 1. The zero-order valence-electron chi connectivity index (χ0n) is 21.1. The van der Waals surface area contributed by atoms with Gasteiger partial charge in [0.05, 0.1) is 14.2 Å². The Kier molecular flexibility index (Phi) is 6.21. The van der Waals surface area contributed by atoms with E-state index >= 15 is 0 Å². The quantitative estimate of drug-likeness (QED) is 0.387. The van der Waals surface area contributed by atoms with E-state index in [4.69, 9.17) is 13.2 Å². The normalized spacial score (nSPS) is 12.6. The number of ether oxygens (including phenoxy) is 1. The van der Waals surface area contributed by atoms with Gasteiger partial charge in [0.1, 0.15) is 6.61 Å². The van der Waals surface area contributed by atoms with Crippen LogP contribution in [-0.4, -0.2) is 23.4 Å². The molecule has 0 fully saturated rings. The van der Waals surface area contributed by atoms with E-state index in [0.29, 0.717) is 16.6 Å². The minimum atomic E-state index is -0.591. The summed E-state index contributed by atoms with van der Waals surface area (Å²) in [5, 5.41) is 4.12. The van der Waals surface area contributed by atoms with Gasteiger partial charge in [-0.2, -0.15) is 0 Å². The van der Waals surface area contributed by atoms with Gasteiger partial charge >= 0.3 is 5.97 Å². The molecule has 34 heavy (non-hydrogen) atoms. The smallest absolute Gasteiger partial charge is 0.338 e. The largest absolute Gasteiger partial charge is 0.457 e. The predicted octanol–water partition coefficient (Wildman–Crippen LogP) is 4.89. The average molecular weight is 456 g/mol. The van der Waals surface area contributed by atoms with Crippen LogP contribution in [0.15, 0.2) is 79.1 Å². The molecule has 0 saturated heterocycles. The number of aromatic nitrogens is 1. The highest BCUT2D eigenvalue weighted by atomic mass is 16.5. The standard InChI is InChI=1S/C28H27N3O3/c1-18-3-10-25(19(2)13-18)28(33)34-17-20-4-6-21(7-5-20)26(15-29)27(32)31-24-9-8-23-16-30-12-11-22(23)14-24/h3-14,16,26H,15,17,29H2,1-2H3,(H,31,32)/t26-/m1/s1/i11D,12D. The lowest BCUT2D eigenvalue weighted by Crippen LogP contribution is -2.27. The van der Waals surface area contributed by atoms with Crippen molar-refractivity contribution in [2.24, 2.45) is 5.73 Å². The Labute approximate surface area is 201 Å². The molecule has 172 valence electrons. The van der Waals surface area contributed by atoms with Gasteiger partial charge in [0.2, 0.25) is 5.91 Å². The maximum atomic E-state index is 13.0. The highest BCUT2D eigenvalue weighted by Crippen LogP contribution is 2.22. The number of fused-ring (bicyclic) bond motifs is 1. The lowest BCUT2D eigenvalue weighted by atomic mass is 9.97. The van der Waals surface area contributed by atoms with E-state index in [1.54, 1.807) is 36.4 Å². The monoisotopic (exact) mass is 455 g/mol. The molecule has 6 nitrogen and oxygen atoms in total. The van der Waals surface area contributed by atoms with Crippen molar-refractivity contribution < 1.29 is 17.1 Å². The van der Waals surface area contributed by atoms with Crippen molar-refractivity contribution in [1.82, 2.24) is 4.98 Å². The number of carbonyl (C=O) groups excluding carboxylic acids is 2. The third-order valence-corrected chi connectivity index (χ3v) is 5.69. The van der Waals surface area contributed by atoms with E-state index in [1.165, 1.54) is 6.20 Å². The van der Waals surface area contributed by atoms with Gasteiger partial charge in [0, 0.05) is 30.0 Å². The number of rotatable bonds is 7. The van der Waals surface area contributed by atoms with E-state index in [9.17, 15) is 9.59 Å². The molecule has 4 aromatic rings. The van der Waals surface area contributed by atoms with Crippen LogP contribution in [-0.2, 0) is 16.1 Å². The van der Waals surface area contributed by atoms with Crippen LogP contribution in [0, 0.1) is 13.8 Å². The lowest BCUT2D eigenvalue weighted by molar-refractivity contribution is -0.117. The molecule has 4 rings (SSSR count). The van der Waals surface area contributed by atoms with Gasteiger partial charge in [-0.05, 0) is 60.2 Å². The first-order valence-electron chi connectivity index (χ1n) is 12.0. The Morgan fingerprint density at radius 3 is 2.59 bits per heavy atom. The summed E-state index contributed by atoms with van der Waals surface area (Å²) in [6.07, 6.45) is 1.41. The number of pyridine rings is 1. The first-order valence-corrected chi connectivity index (χ1v) is 11.0. The summed E-state index contributed by atoms with van der Waals surface area (Å²) in [6, 6.07) is 18.0. The Balaban J connectivity index is 1.42. The fourth-order valence-corrected chi connectivity index (χ4v) is 3.79. The summed E-state index contributed by atoms with van der Waals surface area (Å²) < 4.78 is 21.2. The van der Waals surface area contributed by atoms with Gasteiger partial charge in [-0.25, -0.2) is 4.79 Å². The Hall–Kier alpha value is -4.03. The fourth-order valence-electron chi connectivity index (χ4n) is 3.79. The summed E-state index contributed by atoms with van der Waals surface area (Å²) in [5.41, 5.74) is 10.5. The van der Waals surface area contributed by atoms with Gasteiger partial charge in [0.15, 0.2) is 0 Å². The molecule has 3 aromatic carbocycles. The van der Waals surface area contributed by atoms with E-state index in [0.717, 1.165) is 27.6 Å². The van der Waals surface area contributed by atoms with Crippen LogP contribution in [0.5, 0.6) is 0 Å². The van der Waals surface area contributed by atoms with Gasteiger partial charge in [-0.1, -0.05) is 48.0 Å². The number of hydrogen-bond donors (Lipinski definition) is 2. The van der Waals surface area contributed by atoms with Crippen molar-refractivity contribution in [3.63, 3.8) is 0 Å². The van der Waals surface area contributed by atoms with E-state index in [2.05, 4.69) is 10.3 Å². The fraction of sp³-hybridized carbons (Fsp3) is 0.179. The molecule has 0 spiro atoms. The van der Waals surface area contributed by atoms with Crippen LogP contribution in [0.1, 0.15) is 41.3 Å². The number of carbonyl (C=O) groups is 2. The Morgan fingerprint density at radius 2 is 1.85 bits per heavy atom. The summed E-state index contributed by atoms with van der Waals surface area (Å²) in [6.45, 7) is 4.07. The molecule has 1 aromatic heterocycles. The van der Waals surface area contributed by atoms with E-state index in [-0.39, 0.29) is 37.2 Å². The third-order valence-electron chi connectivity index (χ3n) is 5.69. The summed E-state index contributed by atoms with van der Waals surface area (Å²) in [4.78, 5) is 29.3. The topological polar surface area (TPSA) is 94.3 Å². The first-order chi connectivity index (χ1) is 17.3. The molecule has 0 aliphatic carbocycles. The van der Waals surface area contributed by atoms with Crippen LogP contribution < -0.4 is 11.1 Å². The Bertz CT molecular complexity index is 1440. The van der Waals surface area contributed by atoms with E-state index < -0.39 is 5.92 Å². The number of benzene rings is 3. The van der Waals surface area contributed by atoms with Gasteiger partial charge < -0.3 is 15.8 Å². The molecule has 1 amide bonds. The lowest BCUT2D eigenvalue weighted by Gasteiger charge is -2.16. The minimum absolute atomic E-state index is 0.00722. The van der Waals surface area contributed by atoms with Crippen LogP contribution in [0.25, 0.3) is 10.8 Å². The molecular formula is C28H27N3O3. The first kappa shape index (κ1) is 20.6. The second-order valence-corrected chi connectivity index (χ2v) is 8.21. The second-order valence-electron chi connectivity index (χ2n) is 8.21. The van der Waals surface area contributed by atoms with Crippen molar-refractivity contribution in [1.29, 1.82) is 0 Å². The number of nitrogens with two attached hydrogens (primary N) is 1. The second kappa shape index (κ2) is 10.3. The number of aryl methyl sites for hydroxylation is 2. The highest BCUT2D eigenvalue weighted by molar-refractivity contribution is 5.98. The maximum absolute atomic E-state index is 13.0. The van der Waals surface area contributed by atoms with Crippen molar-refractivity contribution >= 4 is 28.3 Å². The van der Waals surface area contributed by atoms with E-state index in [1.807, 2.05) is 38.1 Å². The molecule has 0 bridgehead atoms. The van der Waals surface area contributed by atoms with Crippen molar-refractivity contribution in [2.45, 2.75) is 26.4 Å². The molecule has 0 aliphatic heterocycles. The molecular weight excluding hydrogens is 426 g/mol.